The Morgan fingerprint density at radius 1 is 1.11 bits per heavy atom. The van der Waals surface area contributed by atoms with E-state index in [1.54, 1.807) is 18.3 Å². The van der Waals surface area contributed by atoms with Crippen LogP contribution in [0.2, 0.25) is 10.0 Å². The summed E-state index contributed by atoms with van der Waals surface area (Å²) in [5.74, 6) is -0.227. The number of aryl methyl sites for hydroxylation is 1. The highest BCUT2D eigenvalue weighted by atomic mass is 35.5. The third-order valence-corrected chi connectivity index (χ3v) is 4.78. The second kappa shape index (κ2) is 8.95. The number of carbonyl (C=O) groups excluding carboxylic acids is 1. The molecule has 7 heteroatoms. The molecule has 144 valence electrons. The summed E-state index contributed by atoms with van der Waals surface area (Å²) in [4.78, 5) is 11.9. The third kappa shape index (κ3) is 4.74. The number of nitrogens with one attached hydrogen (secondary N) is 2. The zero-order chi connectivity index (χ0) is 20.1. The molecule has 3 rings (SSSR count). The lowest BCUT2D eigenvalue weighted by molar-refractivity contribution is -0.119. The molecule has 0 unspecified atom stereocenters. The summed E-state index contributed by atoms with van der Waals surface area (Å²) in [5, 5.41) is 8.26. The van der Waals surface area contributed by atoms with Crippen LogP contribution >= 0.6 is 23.2 Å². The van der Waals surface area contributed by atoms with Crippen molar-refractivity contribution in [2.75, 3.05) is 11.9 Å². The minimum atomic E-state index is -0.227. The van der Waals surface area contributed by atoms with Gasteiger partial charge in [-0.25, -0.2) is 5.43 Å². The molecule has 5 nitrogen and oxygen atoms in total. The van der Waals surface area contributed by atoms with Crippen LogP contribution in [-0.4, -0.2) is 23.2 Å². The van der Waals surface area contributed by atoms with Gasteiger partial charge in [-0.3, -0.25) is 4.79 Å². The summed E-state index contributed by atoms with van der Waals surface area (Å²) < 4.78 is 2.03. The number of aromatic nitrogens is 1. The SMILES string of the molecule is Cc1cc(/C=N\NC(=O)CNc2ccccc2)c(C)n1-c1ccc(Cl)cc1Cl. The first-order chi connectivity index (χ1) is 13.5. The molecule has 3 aromatic rings. The number of para-hydroxylation sites is 1. The summed E-state index contributed by atoms with van der Waals surface area (Å²) in [5.41, 5.74) is 7.10. The van der Waals surface area contributed by atoms with Gasteiger partial charge in [-0.15, -0.1) is 0 Å². The van der Waals surface area contributed by atoms with Crippen molar-refractivity contribution in [3.8, 4) is 5.69 Å². The molecule has 0 radical (unpaired) electrons. The molecule has 0 aliphatic carbocycles. The second-order valence-electron chi connectivity index (χ2n) is 6.27. The number of halogens is 2. The Hall–Kier alpha value is -2.76. The summed E-state index contributed by atoms with van der Waals surface area (Å²) in [6.07, 6.45) is 1.63. The van der Waals surface area contributed by atoms with Crippen molar-refractivity contribution < 1.29 is 4.79 Å². The van der Waals surface area contributed by atoms with Crippen LogP contribution < -0.4 is 10.7 Å². The van der Waals surface area contributed by atoms with E-state index in [2.05, 4.69) is 15.8 Å². The number of benzene rings is 2. The predicted molar refractivity (Wildman–Crippen MR) is 116 cm³/mol. The van der Waals surface area contributed by atoms with Gasteiger partial charge in [-0.1, -0.05) is 41.4 Å². The lowest BCUT2D eigenvalue weighted by Crippen LogP contribution is -2.25. The summed E-state index contributed by atoms with van der Waals surface area (Å²) in [6.45, 7) is 4.09. The molecule has 0 saturated heterocycles. The Morgan fingerprint density at radius 2 is 1.86 bits per heavy atom. The van der Waals surface area contributed by atoms with Crippen molar-refractivity contribution in [1.82, 2.24) is 9.99 Å². The highest BCUT2D eigenvalue weighted by Crippen LogP contribution is 2.28. The molecule has 0 spiro atoms. The molecular weight excluding hydrogens is 395 g/mol. The fourth-order valence-electron chi connectivity index (χ4n) is 2.90. The summed E-state index contributed by atoms with van der Waals surface area (Å²) >= 11 is 12.3. The molecule has 0 aliphatic rings. The van der Waals surface area contributed by atoms with Crippen LogP contribution in [0, 0.1) is 13.8 Å². The van der Waals surface area contributed by atoms with E-state index in [1.165, 1.54) is 0 Å². The first kappa shape index (κ1) is 20.0. The number of hydrogen-bond donors (Lipinski definition) is 2. The van der Waals surface area contributed by atoms with Crippen LogP contribution in [0.3, 0.4) is 0 Å². The maximum absolute atomic E-state index is 11.9. The smallest absolute Gasteiger partial charge is 0.259 e. The number of anilines is 1. The van der Waals surface area contributed by atoms with E-state index in [9.17, 15) is 4.79 Å². The van der Waals surface area contributed by atoms with Gasteiger partial charge in [-0.2, -0.15) is 5.10 Å². The average molecular weight is 415 g/mol. The van der Waals surface area contributed by atoms with Crippen LogP contribution in [0.15, 0.2) is 59.7 Å². The van der Waals surface area contributed by atoms with Crippen LogP contribution in [0.25, 0.3) is 5.69 Å². The van der Waals surface area contributed by atoms with E-state index in [0.29, 0.717) is 10.0 Å². The number of hydrogen-bond acceptors (Lipinski definition) is 3. The summed E-state index contributed by atoms with van der Waals surface area (Å²) in [6, 6.07) is 16.9. The standard InChI is InChI=1S/C21H20Cl2N4O/c1-14-10-16(15(2)27(14)20-9-8-17(22)11-19(20)23)12-25-26-21(28)13-24-18-6-4-3-5-7-18/h3-12,24H,13H2,1-2H3,(H,26,28)/b25-12-. The number of rotatable bonds is 6. The van der Waals surface area contributed by atoms with Crippen LogP contribution in [0.5, 0.6) is 0 Å². The van der Waals surface area contributed by atoms with Crippen molar-refractivity contribution in [3.05, 3.63) is 81.6 Å². The van der Waals surface area contributed by atoms with Crippen LogP contribution in [-0.2, 0) is 4.79 Å². The molecule has 1 aromatic heterocycles. The minimum Gasteiger partial charge on any atom is -0.376 e. The number of carbonyl (C=O) groups is 1. The maximum atomic E-state index is 11.9. The van der Waals surface area contributed by atoms with Gasteiger partial charge in [0.25, 0.3) is 5.91 Å². The first-order valence-corrected chi connectivity index (χ1v) is 9.46. The molecule has 1 amide bonds. The van der Waals surface area contributed by atoms with E-state index in [1.807, 2.05) is 60.9 Å². The maximum Gasteiger partial charge on any atom is 0.259 e. The van der Waals surface area contributed by atoms with E-state index in [-0.39, 0.29) is 12.5 Å². The van der Waals surface area contributed by atoms with Gasteiger partial charge >= 0.3 is 0 Å². The molecule has 0 bridgehead atoms. The number of nitrogens with zero attached hydrogens (tertiary/aromatic N) is 2. The normalized spacial score (nSPS) is 11.0. The van der Waals surface area contributed by atoms with Gasteiger partial charge in [0.2, 0.25) is 0 Å². The van der Waals surface area contributed by atoms with Crippen LogP contribution in [0.1, 0.15) is 17.0 Å². The molecule has 0 aliphatic heterocycles. The summed E-state index contributed by atoms with van der Waals surface area (Å²) in [7, 11) is 0. The highest BCUT2D eigenvalue weighted by molar-refractivity contribution is 6.35. The zero-order valence-corrected chi connectivity index (χ0v) is 17.1. The highest BCUT2D eigenvalue weighted by Gasteiger charge is 2.12. The number of hydrazone groups is 1. The topological polar surface area (TPSA) is 58.4 Å². The lowest BCUT2D eigenvalue weighted by Gasteiger charge is -2.11. The second-order valence-corrected chi connectivity index (χ2v) is 7.11. The van der Waals surface area contributed by atoms with Gasteiger partial charge in [0.1, 0.15) is 0 Å². The molecule has 2 aromatic carbocycles. The van der Waals surface area contributed by atoms with Crippen molar-refractivity contribution in [1.29, 1.82) is 0 Å². The fourth-order valence-corrected chi connectivity index (χ4v) is 3.40. The molecule has 2 N–H and O–H groups in total. The van der Waals surface area contributed by atoms with Gasteiger partial charge in [-0.05, 0) is 50.2 Å². The minimum absolute atomic E-state index is 0.140. The molecule has 0 atom stereocenters. The van der Waals surface area contributed by atoms with Gasteiger partial charge in [0.15, 0.2) is 0 Å². The Labute approximate surface area is 174 Å². The van der Waals surface area contributed by atoms with Gasteiger partial charge in [0.05, 0.1) is 23.5 Å². The Kier molecular flexibility index (Phi) is 6.39. The molecule has 0 saturated carbocycles. The Morgan fingerprint density at radius 3 is 2.57 bits per heavy atom. The van der Waals surface area contributed by atoms with Crippen molar-refractivity contribution in [2.45, 2.75) is 13.8 Å². The monoisotopic (exact) mass is 414 g/mol. The molecule has 0 fully saturated rings. The van der Waals surface area contributed by atoms with Gasteiger partial charge < -0.3 is 9.88 Å². The average Bonchev–Trinajstić information content (AvgIpc) is 2.95. The Bertz CT molecular complexity index is 1010. The Balaban J connectivity index is 1.67. The van der Waals surface area contributed by atoms with E-state index < -0.39 is 0 Å². The van der Waals surface area contributed by atoms with Crippen molar-refractivity contribution in [3.63, 3.8) is 0 Å². The fraction of sp³-hybridized carbons (Fsp3) is 0.143. The van der Waals surface area contributed by atoms with Crippen LogP contribution in [0.4, 0.5) is 5.69 Å². The molecular formula is C21H20Cl2N4O. The third-order valence-electron chi connectivity index (χ3n) is 4.24. The van der Waals surface area contributed by atoms with Gasteiger partial charge in [0, 0.05) is 27.7 Å². The predicted octanol–water partition coefficient (Wildman–Crippen LogP) is 4.96. The lowest BCUT2D eigenvalue weighted by atomic mass is 10.2. The first-order valence-electron chi connectivity index (χ1n) is 8.71. The van der Waals surface area contributed by atoms with E-state index >= 15 is 0 Å². The van der Waals surface area contributed by atoms with E-state index in [4.69, 9.17) is 23.2 Å². The van der Waals surface area contributed by atoms with E-state index in [0.717, 1.165) is 28.3 Å². The quantitative estimate of drug-likeness (QED) is 0.442. The van der Waals surface area contributed by atoms with Crippen molar-refractivity contribution >= 4 is 41.0 Å². The zero-order valence-electron chi connectivity index (χ0n) is 15.5. The number of amides is 1. The van der Waals surface area contributed by atoms with Crippen molar-refractivity contribution in [2.24, 2.45) is 5.10 Å². The largest absolute Gasteiger partial charge is 0.376 e. The molecule has 1 heterocycles. The molecule has 28 heavy (non-hydrogen) atoms.